The summed E-state index contributed by atoms with van der Waals surface area (Å²) < 4.78 is 0. The summed E-state index contributed by atoms with van der Waals surface area (Å²) in [6.45, 7) is 6.82. The highest BCUT2D eigenvalue weighted by Gasteiger charge is 2.24. The van der Waals surface area contributed by atoms with Crippen LogP contribution in [-0.4, -0.2) is 54.0 Å². The first-order valence-corrected chi connectivity index (χ1v) is 9.92. The summed E-state index contributed by atoms with van der Waals surface area (Å²) in [6, 6.07) is 6.64. The predicted molar refractivity (Wildman–Crippen MR) is 103 cm³/mol. The van der Waals surface area contributed by atoms with Crippen LogP contribution in [0.3, 0.4) is 0 Å². The van der Waals surface area contributed by atoms with Crippen LogP contribution in [0.5, 0.6) is 0 Å². The minimum Gasteiger partial charge on any atom is -0.341 e. The van der Waals surface area contributed by atoms with E-state index in [-0.39, 0.29) is 11.9 Å². The number of hydrogen-bond donors (Lipinski definition) is 1. The molecule has 1 heterocycles. The molecule has 2 fully saturated rings. The Kier molecular flexibility index (Phi) is 6.17. The fraction of sp³-hybridized carbons (Fsp3) is 0.619. The summed E-state index contributed by atoms with van der Waals surface area (Å²) >= 11 is 0. The van der Waals surface area contributed by atoms with Gasteiger partial charge in [-0.2, -0.15) is 0 Å². The fourth-order valence-corrected chi connectivity index (χ4v) is 3.97. The molecule has 0 aromatic heterocycles. The Balaban J connectivity index is 1.53. The van der Waals surface area contributed by atoms with E-state index in [4.69, 9.17) is 0 Å². The second kappa shape index (κ2) is 8.56. The van der Waals surface area contributed by atoms with Crippen LogP contribution >= 0.6 is 0 Å². The summed E-state index contributed by atoms with van der Waals surface area (Å²) in [6.07, 6.45) is 5.91. The second-order valence-electron chi connectivity index (χ2n) is 7.76. The van der Waals surface area contributed by atoms with Crippen molar-refractivity contribution in [3.63, 3.8) is 0 Å². The lowest BCUT2D eigenvalue weighted by Gasteiger charge is -2.24. The molecule has 3 rings (SSSR count). The van der Waals surface area contributed by atoms with Crippen molar-refractivity contribution in [1.29, 1.82) is 0 Å². The Morgan fingerprint density at radius 1 is 1.00 bits per heavy atom. The van der Waals surface area contributed by atoms with Crippen LogP contribution in [0.1, 0.15) is 48.8 Å². The molecule has 1 N–H and O–H groups in total. The molecule has 1 saturated carbocycles. The number of amides is 3. The van der Waals surface area contributed by atoms with Gasteiger partial charge in [0.15, 0.2) is 0 Å². The van der Waals surface area contributed by atoms with Crippen molar-refractivity contribution >= 4 is 11.9 Å². The molecule has 1 aliphatic heterocycles. The number of benzene rings is 1. The molecular weight excluding hydrogens is 326 g/mol. The molecule has 0 atom stereocenters. The van der Waals surface area contributed by atoms with E-state index in [1.165, 1.54) is 18.4 Å². The number of carbonyl (C=O) groups excluding carboxylic acids is 2. The van der Waals surface area contributed by atoms with Gasteiger partial charge in [0.05, 0.1) is 6.42 Å². The van der Waals surface area contributed by atoms with Gasteiger partial charge in [-0.1, -0.05) is 36.6 Å². The Labute approximate surface area is 156 Å². The largest absolute Gasteiger partial charge is 0.341 e. The number of nitrogens with zero attached hydrogens (tertiary/aromatic N) is 2. The van der Waals surface area contributed by atoms with Gasteiger partial charge in [-0.25, -0.2) is 4.79 Å². The van der Waals surface area contributed by atoms with E-state index in [0.717, 1.165) is 43.5 Å². The first-order valence-electron chi connectivity index (χ1n) is 9.92. The summed E-state index contributed by atoms with van der Waals surface area (Å²) in [7, 11) is 0. The molecule has 1 aromatic carbocycles. The molecule has 0 unspecified atom stereocenters. The Morgan fingerprint density at radius 2 is 1.69 bits per heavy atom. The molecule has 5 heteroatoms. The summed E-state index contributed by atoms with van der Waals surface area (Å²) in [5.74, 6) is 0.164. The van der Waals surface area contributed by atoms with Gasteiger partial charge in [-0.05, 0) is 44.2 Å². The van der Waals surface area contributed by atoms with Crippen molar-refractivity contribution in [3.8, 4) is 0 Å². The standard InChI is InChI=1S/C21H31N3O2/c1-16-8-9-17(2)18(14-16)15-20(25)23-10-5-11-24(13-12-23)21(26)22-19-6-3-4-7-19/h8-9,14,19H,3-7,10-13,15H2,1-2H3,(H,22,26). The quantitative estimate of drug-likeness (QED) is 0.904. The van der Waals surface area contributed by atoms with Gasteiger partial charge in [0, 0.05) is 32.2 Å². The molecule has 0 spiro atoms. The van der Waals surface area contributed by atoms with Crippen molar-refractivity contribution in [3.05, 3.63) is 34.9 Å². The molecule has 2 aliphatic rings. The molecule has 0 radical (unpaired) electrons. The number of nitrogens with one attached hydrogen (secondary N) is 1. The summed E-state index contributed by atoms with van der Waals surface area (Å²) in [5, 5.41) is 3.16. The van der Waals surface area contributed by atoms with Gasteiger partial charge in [0.25, 0.3) is 0 Å². The maximum atomic E-state index is 12.7. The van der Waals surface area contributed by atoms with E-state index in [0.29, 0.717) is 25.6 Å². The normalized spacial score (nSPS) is 18.7. The van der Waals surface area contributed by atoms with Gasteiger partial charge in [0.1, 0.15) is 0 Å². The van der Waals surface area contributed by atoms with E-state index >= 15 is 0 Å². The third kappa shape index (κ3) is 4.77. The lowest BCUT2D eigenvalue weighted by atomic mass is 10.0. The van der Waals surface area contributed by atoms with Crippen molar-refractivity contribution in [2.24, 2.45) is 0 Å². The summed E-state index contributed by atoms with van der Waals surface area (Å²) in [4.78, 5) is 29.0. The Morgan fingerprint density at radius 3 is 2.46 bits per heavy atom. The zero-order valence-corrected chi connectivity index (χ0v) is 16.1. The highest BCUT2D eigenvalue weighted by atomic mass is 16.2. The Hall–Kier alpha value is -2.04. The van der Waals surface area contributed by atoms with Crippen molar-refractivity contribution in [2.45, 2.75) is 58.4 Å². The van der Waals surface area contributed by atoms with E-state index in [1.807, 2.05) is 9.80 Å². The first kappa shape index (κ1) is 18.7. The SMILES string of the molecule is Cc1ccc(C)c(CC(=O)N2CCCN(C(=O)NC3CCCC3)CC2)c1. The second-order valence-corrected chi connectivity index (χ2v) is 7.76. The van der Waals surface area contributed by atoms with Crippen molar-refractivity contribution in [2.75, 3.05) is 26.2 Å². The maximum Gasteiger partial charge on any atom is 0.317 e. The number of urea groups is 1. The average molecular weight is 357 g/mol. The average Bonchev–Trinajstić information content (AvgIpc) is 2.99. The molecule has 3 amide bonds. The minimum absolute atomic E-state index is 0.0423. The van der Waals surface area contributed by atoms with E-state index in [2.05, 4.69) is 37.4 Å². The number of aryl methyl sites for hydroxylation is 2. The van der Waals surface area contributed by atoms with E-state index < -0.39 is 0 Å². The monoisotopic (exact) mass is 357 g/mol. The van der Waals surface area contributed by atoms with Crippen molar-refractivity contribution < 1.29 is 9.59 Å². The van der Waals surface area contributed by atoms with E-state index in [1.54, 1.807) is 0 Å². The van der Waals surface area contributed by atoms with Gasteiger partial charge in [-0.3, -0.25) is 4.79 Å². The topological polar surface area (TPSA) is 52.7 Å². The third-order valence-corrected chi connectivity index (χ3v) is 5.66. The molecule has 5 nitrogen and oxygen atoms in total. The molecule has 1 aliphatic carbocycles. The highest BCUT2D eigenvalue weighted by molar-refractivity contribution is 5.79. The number of rotatable bonds is 3. The lowest BCUT2D eigenvalue weighted by molar-refractivity contribution is -0.130. The Bertz CT molecular complexity index is 653. The number of carbonyl (C=O) groups is 2. The summed E-state index contributed by atoms with van der Waals surface area (Å²) in [5.41, 5.74) is 3.45. The molecule has 1 aromatic rings. The van der Waals surface area contributed by atoms with Crippen LogP contribution in [0.2, 0.25) is 0 Å². The molecular formula is C21H31N3O2. The predicted octanol–water partition coefficient (Wildman–Crippen LogP) is 3.03. The van der Waals surface area contributed by atoms with Crippen LogP contribution in [0.4, 0.5) is 4.79 Å². The molecule has 0 bridgehead atoms. The fourth-order valence-electron chi connectivity index (χ4n) is 3.97. The van der Waals surface area contributed by atoms with Crippen LogP contribution in [-0.2, 0) is 11.2 Å². The van der Waals surface area contributed by atoms with Gasteiger partial charge >= 0.3 is 6.03 Å². The third-order valence-electron chi connectivity index (χ3n) is 5.66. The van der Waals surface area contributed by atoms with Gasteiger partial charge in [0.2, 0.25) is 5.91 Å². The van der Waals surface area contributed by atoms with Crippen LogP contribution in [0.15, 0.2) is 18.2 Å². The van der Waals surface area contributed by atoms with Crippen molar-refractivity contribution in [1.82, 2.24) is 15.1 Å². The van der Waals surface area contributed by atoms with Crippen LogP contribution in [0.25, 0.3) is 0 Å². The zero-order valence-electron chi connectivity index (χ0n) is 16.1. The smallest absolute Gasteiger partial charge is 0.317 e. The van der Waals surface area contributed by atoms with E-state index in [9.17, 15) is 9.59 Å². The van der Waals surface area contributed by atoms with Gasteiger partial charge in [-0.15, -0.1) is 0 Å². The van der Waals surface area contributed by atoms with Crippen LogP contribution < -0.4 is 5.32 Å². The maximum absolute atomic E-state index is 12.7. The molecule has 26 heavy (non-hydrogen) atoms. The molecule has 142 valence electrons. The number of hydrogen-bond acceptors (Lipinski definition) is 2. The van der Waals surface area contributed by atoms with Gasteiger partial charge < -0.3 is 15.1 Å². The highest BCUT2D eigenvalue weighted by Crippen LogP contribution is 2.18. The minimum atomic E-state index is 0.0423. The first-order chi connectivity index (χ1) is 12.5. The molecule has 1 saturated heterocycles. The zero-order chi connectivity index (χ0) is 18.5. The lowest BCUT2D eigenvalue weighted by Crippen LogP contribution is -2.45. The van der Waals surface area contributed by atoms with Crippen LogP contribution in [0, 0.1) is 13.8 Å².